The molecule has 7 nitrogen and oxygen atoms in total. The lowest BCUT2D eigenvalue weighted by molar-refractivity contribution is 0.0977. The predicted molar refractivity (Wildman–Crippen MR) is 105 cm³/mol. The first-order valence-corrected chi connectivity index (χ1v) is 8.42. The minimum absolute atomic E-state index is 0.0683. The lowest BCUT2D eigenvalue weighted by atomic mass is 10.2. The number of amides is 1. The summed E-state index contributed by atoms with van der Waals surface area (Å²) in [7, 11) is 0. The summed E-state index contributed by atoms with van der Waals surface area (Å²) in [5, 5.41) is 5.70. The molecule has 134 valence electrons. The Morgan fingerprint density at radius 2 is 1.77 bits per heavy atom. The maximum Gasteiger partial charge on any atom is 0.323 e. The lowest BCUT2D eigenvalue weighted by Gasteiger charge is -2.11. The minimum Gasteiger partial charge on any atom is -0.491 e. The van der Waals surface area contributed by atoms with Gasteiger partial charge >= 0.3 is 5.69 Å². The molecule has 0 bridgehead atoms. The van der Waals surface area contributed by atoms with E-state index >= 15 is 0 Å². The van der Waals surface area contributed by atoms with E-state index in [1.165, 1.54) is 0 Å². The van der Waals surface area contributed by atoms with Crippen LogP contribution >= 0.6 is 12.2 Å². The molecule has 3 aromatic rings. The Morgan fingerprint density at radius 3 is 2.46 bits per heavy atom. The Kier molecular flexibility index (Phi) is 5.04. The summed E-state index contributed by atoms with van der Waals surface area (Å²) in [6.45, 7) is 3.87. The van der Waals surface area contributed by atoms with E-state index in [4.69, 9.17) is 17.0 Å². The second kappa shape index (κ2) is 7.40. The minimum atomic E-state index is -0.324. The SMILES string of the molecule is CC(C)Oc1ccc(C(=O)NC(=S)Nc2ccc3[nH]c(=O)[nH]c3c2)cc1. The summed E-state index contributed by atoms with van der Waals surface area (Å²) in [6, 6.07) is 12.0. The van der Waals surface area contributed by atoms with Gasteiger partial charge in [0.2, 0.25) is 0 Å². The average molecular weight is 370 g/mol. The molecule has 2 aromatic carbocycles. The number of carbonyl (C=O) groups excluding carboxylic acids is 1. The molecule has 8 heteroatoms. The van der Waals surface area contributed by atoms with Gasteiger partial charge in [-0.05, 0) is 68.5 Å². The van der Waals surface area contributed by atoms with Crippen LogP contribution in [0.25, 0.3) is 11.0 Å². The summed E-state index contributed by atoms with van der Waals surface area (Å²) >= 11 is 5.18. The molecular weight excluding hydrogens is 352 g/mol. The van der Waals surface area contributed by atoms with E-state index in [9.17, 15) is 9.59 Å². The largest absolute Gasteiger partial charge is 0.491 e. The Labute approximate surface area is 154 Å². The third kappa shape index (κ3) is 4.28. The highest BCUT2D eigenvalue weighted by Crippen LogP contribution is 2.15. The van der Waals surface area contributed by atoms with Gasteiger partial charge in [-0.15, -0.1) is 0 Å². The van der Waals surface area contributed by atoms with E-state index in [2.05, 4.69) is 20.6 Å². The molecule has 1 heterocycles. The van der Waals surface area contributed by atoms with Crippen molar-refractivity contribution in [3.8, 4) is 5.75 Å². The Bertz CT molecular complexity index is 1010. The molecule has 4 N–H and O–H groups in total. The van der Waals surface area contributed by atoms with Crippen molar-refractivity contribution in [3.05, 3.63) is 58.5 Å². The van der Waals surface area contributed by atoms with Crippen molar-refractivity contribution in [2.75, 3.05) is 5.32 Å². The molecule has 0 radical (unpaired) electrons. The molecule has 26 heavy (non-hydrogen) atoms. The zero-order chi connectivity index (χ0) is 18.7. The van der Waals surface area contributed by atoms with Gasteiger partial charge in [0.05, 0.1) is 17.1 Å². The predicted octanol–water partition coefficient (Wildman–Crippen LogP) is 2.77. The molecule has 1 aromatic heterocycles. The van der Waals surface area contributed by atoms with E-state index in [1.807, 2.05) is 13.8 Å². The number of nitrogens with one attached hydrogen (secondary N) is 4. The summed E-state index contributed by atoms with van der Waals surface area (Å²) in [6.07, 6.45) is 0.0683. The van der Waals surface area contributed by atoms with Crippen LogP contribution in [0.5, 0.6) is 5.75 Å². The number of carbonyl (C=O) groups is 1. The van der Waals surface area contributed by atoms with E-state index in [-0.39, 0.29) is 22.8 Å². The normalized spacial score (nSPS) is 10.7. The Morgan fingerprint density at radius 1 is 1.08 bits per heavy atom. The molecular formula is C18H18N4O3S. The molecule has 0 aliphatic heterocycles. The standard InChI is InChI=1S/C18H18N4O3S/c1-10(2)25-13-6-3-11(4-7-13)16(23)22-18(26)19-12-5-8-14-15(9-12)21-17(24)20-14/h3-10H,1-2H3,(H2,20,21,24)(H2,19,22,23,26). The summed E-state index contributed by atoms with van der Waals surface area (Å²) in [5.74, 6) is 0.376. The number of hydrogen-bond donors (Lipinski definition) is 4. The number of imidazole rings is 1. The van der Waals surface area contributed by atoms with Gasteiger partial charge in [-0.25, -0.2) is 4.79 Å². The van der Waals surface area contributed by atoms with E-state index < -0.39 is 0 Å². The van der Waals surface area contributed by atoms with Crippen molar-refractivity contribution in [1.82, 2.24) is 15.3 Å². The number of anilines is 1. The number of rotatable bonds is 4. The van der Waals surface area contributed by atoms with Crippen LogP contribution < -0.4 is 21.1 Å². The quantitative estimate of drug-likeness (QED) is 0.529. The zero-order valence-electron chi connectivity index (χ0n) is 14.3. The first-order valence-electron chi connectivity index (χ1n) is 8.02. The van der Waals surface area contributed by atoms with Crippen molar-refractivity contribution in [1.29, 1.82) is 0 Å². The molecule has 1 amide bonds. The van der Waals surface area contributed by atoms with Gasteiger partial charge in [-0.1, -0.05) is 0 Å². The lowest BCUT2D eigenvalue weighted by Crippen LogP contribution is -2.34. The number of hydrogen-bond acceptors (Lipinski definition) is 4. The molecule has 0 spiro atoms. The maximum absolute atomic E-state index is 12.3. The second-order valence-corrected chi connectivity index (χ2v) is 6.35. The third-order valence-electron chi connectivity index (χ3n) is 3.49. The van der Waals surface area contributed by atoms with Crippen molar-refractivity contribution in [2.24, 2.45) is 0 Å². The van der Waals surface area contributed by atoms with Crippen LogP contribution in [-0.2, 0) is 0 Å². The van der Waals surface area contributed by atoms with Gasteiger partial charge in [0.15, 0.2) is 5.11 Å². The van der Waals surface area contributed by atoms with Gasteiger partial charge < -0.3 is 20.0 Å². The van der Waals surface area contributed by atoms with Gasteiger partial charge in [-0.3, -0.25) is 10.1 Å². The first-order chi connectivity index (χ1) is 12.4. The van der Waals surface area contributed by atoms with E-state index in [1.54, 1.807) is 42.5 Å². The van der Waals surface area contributed by atoms with Crippen molar-refractivity contribution < 1.29 is 9.53 Å². The van der Waals surface area contributed by atoms with Gasteiger partial charge in [0, 0.05) is 11.3 Å². The number of aromatic nitrogens is 2. The summed E-state index contributed by atoms with van der Waals surface area (Å²) in [4.78, 5) is 28.9. The van der Waals surface area contributed by atoms with Gasteiger partial charge in [0.25, 0.3) is 5.91 Å². The fourth-order valence-corrected chi connectivity index (χ4v) is 2.62. The second-order valence-electron chi connectivity index (χ2n) is 5.94. The smallest absolute Gasteiger partial charge is 0.323 e. The third-order valence-corrected chi connectivity index (χ3v) is 3.69. The first kappa shape index (κ1) is 17.7. The highest BCUT2D eigenvalue weighted by molar-refractivity contribution is 7.80. The average Bonchev–Trinajstić information content (AvgIpc) is 2.94. The zero-order valence-corrected chi connectivity index (χ0v) is 15.1. The molecule has 0 fully saturated rings. The van der Waals surface area contributed by atoms with Crippen LogP contribution in [0.4, 0.5) is 5.69 Å². The maximum atomic E-state index is 12.3. The van der Waals surface area contributed by atoms with Gasteiger partial charge in [-0.2, -0.15) is 0 Å². The molecule has 3 rings (SSSR count). The van der Waals surface area contributed by atoms with Crippen LogP contribution in [0.3, 0.4) is 0 Å². The van der Waals surface area contributed by atoms with Crippen molar-refractivity contribution in [3.63, 3.8) is 0 Å². The molecule has 0 saturated heterocycles. The van der Waals surface area contributed by atoms with Crippen LogP contribution in [0.2, 0.25) is 0 Å². The Balaban J connectivity index is 1.62. The number of H-pyrrole nitrogens is 2. The number of fused-ring (bicyclic) bond motifs is 1. The molecule has 0 saturated carbocycles. The summed E-state index contributed by atoms with van der Waals surface area (Å²) < 4.78 is 5.55. The highest BCUT2D eigenvalue weighted by atomic mass is 32.1. The molecule has 0 aliphatic rings. The van der Waals surface area contributed by atoms with E-state index in [0.717, 1.165) is 0 Å². The number of thiocarbonyl (C=S) groups is 1. The fraction of sp³-hybridized carbons (Fsp3) is 0.167. The number of ether oxygens (including phenoxy) is 1. The monoisotopic (exact) mass is 370 g/mol. The topological polar surface area (TPSA) is 99.0 Å². The molecule has 0 unspecified atom stereocenters. The van der Waals surface area contributed by atoms with Crippen molar-refractivity contribution in [2.45, 2.75) is 20.0 Å². The van der Waals surface area contributed by atoms with Crippen LogP contribution in [-0.4, -0.2) is 27.1 Å². The molecule has 0 aliphatic carbocycles. The van der Waals surface area contributed by atoms with Crippen LogP contribution in [0.1, 0.15) is 24.2 Å². The summed E-state index contributed by atoms with van der Waals surface area (Å²) in [5.41, 5.74) is 2.18. The van der Waals surface area contributed by atoms with Crippen molar-refractivity contribution >= 4 is 40.0 Å². The number of benzene rings is 2. The van der Waals surface area contributed by atoms with E-state index in [0.29, 0.717) is 28.0 Å². The number of aromatic amines is 2. The van der Waals surface area contributed by atoms with Gasteiger partial charge in [0.1, 0.15) is 5.75 Å². The van der Waals surface area contributed by atoms with Crippen LogP contribution in [0.15, 0.2) is 47.3 Å². The highest BCUT2D eigenvalue weighted by Gasteiger charge is 2.09. The molecule has 0 atom stereocenters. The van der Waals surface area contributed by atoms with Crippen LogP contribution in [0, 0.1) is 0 Å². The Hall–Kier alpha value is -3.13. The fourth-order valence-electron chi connectivity index (χ4n) is 2.40.